The molecule has 3 aromatic carbocycles. The summed E-state index contributed by atoms with van der Waals surface area (Å²) in [5, 5.41) is 5.20. The number of fused-ring (bicyclic) bond motifs is 1. The van der Waals surface area contributed by atoms with E-state index in [1.807, 2.05) is 12.1 Å². The lowest BCUT2D eigenvalue weighted by molar-refractivity contribution is 0.0705. The van der Waals surface area contributed by atoms with E-state index in [2.05, 4.69) is 90.8 Å². The molecule has 2 N–H and O–H groups in total. The Labute approximate surface area is 195 Å². The number of hydrogen-bond donors (Lipinski definition) is 2. The SMILES string of the molecule is Cc1c(C2(Nc3ccccc3)CCC(c3cccc(F)c3)(N(C)C)CC2)[nH]c2ccccc12. The maximum absolute atomic E-state index is 14.2. The van der Waals surface area contributed by atoms with Gasteiger partial charge >= 0.3 is 0 Å². The van der Waals surface area contributed by atoms with E-state index in [0.29, 0.717) is 0 Å². The van der Waals surface area contributed by atoms with Gasteiger partial charge in [-0.1, -0.05) is 48.5 Å². The molecule has 0 atom stereocenters. The van der Waals surface area contributed by atoms with Crippen LogP contribution >= 0.6 is 0 Å². The molecule has 170 valence electrons. The molecule has 5 rings (SSSR count). The first kappa shape index (κ1) is 21.7. The average molecular weight is 442 g/mol. The summed E-state index contributed by atoms with van der Waals surface area (Å²) in [5.74, 6) is -0.167. The van der Waals surface area contributed by atoms with Gasteiger partial charge < -0.3 is 10.3 Å². The Morgan fingerprint density at radius 3 is 2.21 bits per heavy atom. The number of aromatic nitrogens is 1. The topological polar surface area (TPSA) is 31.1 Å². The number of nitrogens with one attached hydrogen (secondary N) is 2. The van der Waals surface area contributed by atoms with Gasteiger partial charge in [-0.3, -0.25) is 4.90 Å². The highest BCUT2D eigenvalue weighted by Gasteiger charge is 2.47. The maximum atomic E-state index is 14.2. The molecular formula is C29H32FN3. The van der Waals surface area contributed by atoms with Crippen LogP contribution in [0.5, 0.6) is 0 Å². The maximum Gasteiger partial charge on any atom is 0.123 e. The summed E-state index contributed by atoms with van der Waals surface area (Å²) < 4.78 is 14.2. The number of aryl methyl sites for hydroxylation is 1. The normalized spacial score (nSPS) is 23.2. The van der Waals surface area contributed by atoms with Gasteiger partial charge in [0.1, 0.15) is 5.82 Å². The highest BCUT2D eigenvalue weighted by molar-refractivity contribution is 5.85. The number of H-pyrrole nitrogens is 1. The first-order valence-electron chi connectivity index (χ1n) is 11.8. The summed E-state index contributed by atoms with van der Waals surface area (Å²) in [6.07, 6.45) is 3.73. The highest BCUT2D eigenvalue weighted by atomic mass is 19.1. The molecule has 1 fully saturated rings. The zero-order valence-electron chi connectivity index (χ0n) is 19.7. The number of aromatic amines is 1. The molecule has 1 aliphatic carbocycles. The van der Waals surface area contributed by atoms with Crippen molar-refractivity contribution in [1.29, 1.82) is 0 Å². The van der Waals surface area contributed by atoms with E-state index in [-0.39, 0.29) is 16.9 Å². The van der Waals surface area contributed by atoms with Crippen molar-refractivity contribution in [3.05, 3.63) is 102 Å². The number of anilines is 1. The zero-order valence-corrected chi connectivity index (χ0v) is 19.7. The Morgan fingerprint density at radius 2 is 1.55 bits per heavy atom. The molecule has 1 aliphatic rings. The second-order valence-electron chi connectivity index (χ2n) is 9.68. The Bertz CT molecular complexity index is 1250. The van der Waals surface area contributed by atoms with Crippen LogP contribution in [0.3, 0.4) is 0 Å². The van der Waals surface area contributed by atoms with E-state index in [0.717, 1.165) is 36.9 Å². The molecule has 1 saturated carbocycles. The summed E-state index contributed by atoms with van der Waals surface area (Å²) in [4.78, 5) is 6.05. The minimum absolute atomic E-state index is 0.167. The molecule has 33 heavy (non-hydrogen) atoms. The third kappa shape index (κ3) is 3.72. The quantitative estimate of drug-likeness (QED) is 0.351. The number of hydrogen-bond acceptors (Lipinski definition) is 2. The lowest BCUT2D eigenvalue weighted by Crippen LogP contribution is -2.50. The zero-order chi connectivity index (χ0) is 23.1. The Kier molecular flexibility index (Phi) is 5.49. The number of nitrogens with zero attached hydrogens (tertiary/aromatic N) is 1. The second-order valence-corrected chi connectivity index (χ2v) is 9.68. The molecule has 4 heteroatoms. The van der Waals surface area contributed by atoms with Gasteiger partial charge in [-0.2, -0.15) is 0 Å². The average Bonchev–Trinajstić information content (AvgIpc) is 3.17. The van der Waals surface area contributed by atoms with Crippen LogP contribution in [0.4, 0.5) is 10.1 Å². The van der Waals surface area contributed by atoms with Crippen molar-refractivity contribution in [3.8, 4) is 0 Å². The van der Waals surface area contributed by atoms with E-state index in [1.54, 1.807) is 6.07 Å². The van der Waals surface area contributed by atoms with E-state index >= 15 is 0 Å². The van der Waals surface area contributed by atoms with E-state index in [9.17, 15) is 4.39 Å². The largest absolute Gasteiger partial charge is 0.374 e. The first-order chi connectivity index (χ1) is 15.9. The molecule has 0 radical (unpaired) electrons. The van der Waals surface area contributed by atoms with Crippen molar-refractivity contribution in [2.75, 3.05) is 19.4 Å². The Morgan fingerprint density at radius 1 is 0.848 bits per heavy atom. The molecule has 3 nitrogen and oxygen atoms in total. The standard InChI is InChI=1S/C29H32FN3/c1-21-25-14-7-8-15-26(25)31-27(21)28(32-24-12-5-4-6-13-24)16-18-29(19-17-28,33(2)3)22-10-9-11-23(30)20-22/h4-15,20,31-32H,16-19H2,1-3H3. The predicted molar refractivity (Wildman–Crippen MR) is 135 cm³/mol. The lowest BCUT2D eigenvalue weighted by atomic mass is 9.67. The molecule has 1 heterocycles. The number of benzene rings is 3. The molecule has 0 spiro atoms. The van der Waals surface area contributed by atoms with Gasteiger partial charge in [-0.05, 0) is 88.2 Å². The Balaban J connectivity index is 1.59. The van der Waals surface area contributed by atoms with Gasteiger partial charge in [0, 0.05) is 27.8 Å². The minimum atomic E-state index is -0.225. The minimum Gasteiger partial charge on any atom is -0.374 e. The summed E-state index contributed by atoms with van der Waals surface area (Å²) in [6, 6.07) is 26.2. The summed E-state index contributed by atoms with van der Waals surface area (Å²) >= 11 is 0. The van der Waals surface area contributed by atoms with Crippen LogP contribution in [0.15, 0.2) is 78.9 Å². The molecular weight excluding hydrogens is 409 g/mol. The van der Waals surface area contributed by atoms with E-state index in [4.69, 9.17) is 0 Å². The highest BCUT2D eigenvalue weighted by Crippen LogP contribution is 2.50. The first-order valence-corrected chi connectivity index (χ1v) is 11.8. The van der Waals surface area contributed by atoms with Gasteiger partial charge in [-0.15, -0.1) is 0 Å². The summed E-state index contributed by atoms with van der Waals surface area (Å²) in [5.41, 5.74) is 5.51. The number of rotatable bonds is 5. The van der Waals surface area contributed by atoms with Crippen LogP contribution in [0.25, 0.3) is 10.9 Å². The molecule has 0 amide bonds. The van der Waals surface area contributed by atoms with Crippen LogP contribution in [0.2, 0.25) is 0 Å². The van der Waals surface area contributed by atoms with Gasteiger partial charge in [0.25, 0.3) is 0 Å². The smallest absolute Gasteiger partial charge is 0.123 e. The summed E-state index contributed by atoms with van der Waals surface area (Å²) in [7, 11) is 4.24. The summed E-state index contributed by atoms with van der Waals surface area (Å²) in [6.45, 7) is 2.23. The molecule has 0 aliphatic heterocycles. The number of halogens is 1. The van der Waals surface area contributed by atoms with Crippen molar-refractivity contribution < 1.29 is 4.39 Å². The van der Waals surface area contributed by atoms with Gasteiger partial charge in [-0.25, -0.2) is 4.39 Å². The van der Waals surface area contributed by atoms with Gasteiger partial charge in [0.15, 0.2) is 0 Å². The second kappa shape index (κ2) is 8.35. The molecule has 1 aromatic heterocycles. The fourth-order valence-electron chi connectivity index (χ4n) is 5.86. The fraction of sp³-hybridized carbons (Fsp3) is 0.310. The van der Waals surface area contributed by atoms with Crippen molar-refractivity contribution in [2.45, 2.75) is 43.7 Å². The Hall–Kier alpha value is -3.11. The van der Waals surface area contributed by atoms with Gasteiger partial charge in [0.2, 0.25) is 0 Å². The third-order valence-corrected chi connectivity index (χ3v) is 7.75. The van der Waals surface area contributed by atoms with E-state index < -0.39 is 0 Å². The van der Waals surface area contributed by atoms with Crippen LogP contribution in [0.1, 0.15) is 42.5 Å². The van der Waals surface area contributed by atoms with Crippen molar-refractivity contribution in [3.63, 3.8) is 0 Å². The lowest BCUT2D eigenvalue weighted by Gasteiger charge is -2.50. The monoisotopic (exact) mass is 441 g/mol. The molecule has 0 saturated heterocycles. The van der Waals surface area contributed by atoms with Crippen molar-refractivity contribution in [2.24, 2.45) is 0 Å². The van der Waals surface area contributed by atoms with Crippen molar-refractivity contribution in [1.82, 2.24) is 9.88 Å². The van der Waals surface area contributed by atoms with Crippen LogP contribution in [0, 0.1) is 12.7 Å². The predicted octanol–water partition coefficient (Wildman–Crippen LogP) is 6.95. The third-order valence-electron chi connectivity index (χ3n) is 7.75. The molecule has 0 bridgehead atoms. The number of para-hydroxylation sites is 2. The van der Waals surface area contributed by atoms with Crippen LogP contribution in [-0.4, -0.2) is 24.0 Å². The molecule has 0 unspecified atom stereocenters. The van der Waals surface area contributed by atoms with Crippen LogP contribution in [-0.2, 0) is 11.1 Å². The van der Waals surface area contributed by atoms with Crippen LogP contribution < -0.4 is 5.32 Å². The fourth-order valence-corrected chi connectivity index (χ4v) is 5.86. The van der Waals surface area contributed by atoms with Gasteiger partial charge in [0.05, 0.1) is 5.54 Å². The molecule has 4 aromatic rings. The van der Waals surface area contributed by atoms with Crippen molar-refractivity contribution >= 4 is 16.6 Å². The van der Waals surface area contributed by atoms with E-state index in [1.165, 1.54) is 28.2 Å².